The zero-order valence-electron chi connectivity index (χ0n) is 47.4. The first-order valence-electron chi connectivity index (χ1n) is 27.7. The predicted octanol–water partition coefficient (Wildman–Crippen LogP) is 2.63. The maximum atomic E-state index is 16.5. The van der Waals surface area contributed by atoms with Crippen molar-refractivity contribution in [2.45, 2.75) is 191 Å². The minimum absolute atomic E-state index is 0. The molecule has 9 aliphatic rings. The Hall–Kier alpha value is -1.36. The fourth-order valence-electron chi connectivity index (χ4n) is 17.3. The molecule has 0 bridgehead atoms. The quantitative estimate of drug-likeness (QED) is 0.163. The van der Waals surface area contributed by atoms with Crippen molar-refractivity contribution >= 4 is 33.5 Å². The molecule has 8 saturated carbocycles. The molecule has 21 heteroatoms. The molecule has 0 aromatic carbocycles. The summed E-state index contributed by atoms with van der Waals surface area (Å²) in [6.07, 6.45) is 15.4. The number of hydrogen-bond acceptors (Lipinski definition) is 14. The molecule has 0 spiro atoms. The van der Waals surface area contributed by atoms with Gasteiger partial charge in [-0.25, -0.2) is 18.3 Å². The van der Waals surface area contributed by atoms with E-state index in [2.05, 4.69) is 50.0 Å². The van der Waals surface area contributed by atoms with E-state index in [1.54, 1.807) is 6.07 Å². The van der Waals surface area contributed by atoms with E-state index in [1.165, 1.54) is 16.8 Å². The van der Waals surface area contributed by atoms with Crippen LogP contribution in [-0.2, 0) is 30.6 Å². The van der Waals surface area contributed by atoms with Crippen LogP contribution in [0.25, 0.3) is 0 Å². The van der Waals surface area contributed by atoms with Gasteiger partial charge in [-0.3, -0.25) is 14.7 Å². The number of carbonyl (C=O) groups excluding carboxylic acids is 3. The van der Waals surface area contributed by atoms with Crippen LogP contribution < -0.4 is 108 Å². The van der Waals surface area contributed by atoms with Gasteiger partial charge in [0.05, 0.1) is 16.5 Å². The number of halogens is 3. The summed E-state index contributed by atoms with van der Waals surface area (Å²) < 4.78 is 38.9. The number of Topliss-reactive ketones (excluding diaryl/α,β-unsaturated/α-hetero) is 2. The second-order valence-electron chi connectivity index (χ2n) is 25.1. The van der Waals surface area contributed by atoms with Gasteiger partial charge in [-0.05, 0) is 200 Å². The molecule has 0 amide bonds. The summed E-state index contributed by atoms with van der Waals surface area (Å²) >= 11 is 3.37. The summed E-state index contributed by atoms with van der Waals surface area (Å²) in [4.78, 5) is 39.4. The summed E-state index contributed by atoms with van der Waals surface area (Å²) in [5, 5.41) is 75.7. The third-order valence-corrected chi connectivity index (χ3v) is 21.5. The van der Waals surface area contributed by atoms with Crippen LogP contribution in [0.4, 0.5) is 8.78 Å². The van der Waals surface area contributed by atoms with E-state index in [1.807, 2.05) is 32.1 Å². The van der Waals surface area contributed by atoms with Gasteiger partial charge in [-0.15, -0.1) is 0 Å². The fourth-order valence-corrected chi connectivity index (χ4v) is 17.7. The molecule has 1 saturated heterocycles. The van der Waals surface area contributed by atoms with E-state index in [0.717, 1.165) is 83.5 Å². The molecule has 2 aromatic heterocycles. The smallest absolute Gasteiger partial charge is 1.00 e. The third kappa shape index (κ3) is 13.3. The number of hydrogen-bond donors (Lipinski definition) is 3. The summed E-state index contributed by atoms with van der Waals surface area (Å²) in [6, 6.07) is 10.4. The molecular formula is C57H75BrF2K2N8O8. The van der Waals surface area contributed by atoms with Crippen molar-refractivity contribution in [1.29, 1.82) is 21.0 Å². The number of carbonyl (C=O) groups is 3. The minimum Gasteiger partial charge on any atom is -1.00 e. The van der Waals surface area contributed by atoms with Gasteiger partial charge in [0.1, 0.15) is 59.3 Å². The number of rotatable bonds is 6. The van der Waals surface area contributed by atoms with Gasteiger partial charge in [0.2, 0.25) is 0 Å². The number of H-pyrrole nitrogens is 1. The summed E-state index contributed by atoms with van der Waals surface area (Å²) in [5.74, 6) is 1.42. The van der Waals surface area contributed by atoms with Gasteiger partial charge in [0, 0.05) is 30.6 Å². The normalized spacial score (nSPS) is 40.3. The van der Waals surface area contributed by atoms with Crippen LogP contribution in [0.15, 0.2) is 12.1 Å². The Labute approximate surface area is 552 Å². The second kappa shape index (κ2) is 26.7. The van der Waals surface area contributed by atoms with Crippen LogP contribution in [0, 0.1) is 115 Å². The van der Waals surface area contributed by atoms with Gasteiger partial charge in [0.25, 0.3) is 0 Å². The van der Waals surface area contributed by atoms with E-state index < -0.39 is 34.6 Å². The van der Waals surface area contributed by atoms with Crippen LogP contribution in [-0.4, -0.2) is 88.3 Å². The number of aromatic amines is 1. The van der Waals surface area contributed by atoms with E-state index in [0.29, 0.717) is 92.0 Å². The number of fused-ring (bicyclic) bond motifs is 10. The van der Waals surface area contributed by atoms with Gasteiger partial charge < -0.3 is 26.5 Å². The number of nitrogens with zero attached hydrogens (tertiary/aromatic N) is 7. The first kappa shape index (κ1) is 65.8. The van der Waals surface area contributed by atoms with Crippen molar-refractivity contribution in [3.05, 3.63) is 34.9 Å². The monoisotopic (exact) mass is 1190 g/mol. The number of aliphatic hydroxyl groups is 2. The van der Waals surface area contributed by atoms with Crippen LogP contribution in [0.5, 0.6) is 0 Å². The van der Waals surface area contributed by atoms with Crippen molar-refractivity contribution < 1.29 is 152 Å². The second-order valence-corrected chi connectivity index (χ2v) is 25.6. The van der Waals surface area contributed by atoms with E-state index in [4.69, 9.17) is 20.5 Å². The minimum atomic E-state index is -1.18. The van der Waals surface area contributed by atoms with Gasteiger partial charge >= 0.3 is 109 Å². The maximum absolute atomic E-state index is 16.5. The number of nitrogens with one attached hydrogen (secondary N) is 1. The molecule has 17 atom stereocenters. The van der Waals surface area contributed by atoms with Crippen molar-refractivity contribution in [2.75, 3.05) is 11.9 Å². The first-order chi connectivity index (χ1) is 36.0. The van der Waals surface area contributed by atoms with Crippen molar-refractivity contribution in [1.82, 2.24) is 20.0 Å². The van der Waals surface area contributed by atoms with Crippen LogP contribution in [0.3, 0.4) is 0 Å². The van der Waals surface area contributed by atoms with Gasteiger partial charge in [0.15, 0.2) is 23.3 Å². The predicted molar refractivity (Wildman–Crippen MR) is 273 cm³/mol. The summed E-state index contributed by atoms with van der Waals surface area (Å²) in [7, 11) is 0. The molecule has 1 aliphatic heterocycles. The van der Waals surface area contributed by atoms with Crippen molar-refractivity contribution in [3.63, 3.8) is 0 Å². The third-order valence-electron chi connectivity index (χ3n) is 20.9. The SMILES string of the molecule is C[C@@]1(O)CC[C@@]2(F)[C@H](CC[C@H]3[C@@H]4CC[C@H](C(=O)CBr)[C@@]4(C)CC[C@@H]32)C1.C[C@@]1(O)CC[C@@]2(F)[C@H](CC[C@H]3[C@@H]4CC[C@H](C(=O)Cn5nc(C#N)cc5C#N)[C@@]4(C)CC[C@@H]32)C1.N#Cc1cc(C#N)[nH]n1.O=C(O[O-])C1CCCO1.[H-].[K+].[K+]. The van der Waals surface area contributed by atoms with Crippen molar-refractivity contribution in [3.8, 4) is 24.3 Å². The zero-order chi connectivity index (χ0) is 55.0. The molecule has 1 unspecified atom stereocenters. The molecular weight excluding hydrogens is 1120 g/mol. The maximum Gasteiger partial charge on any atom is 1.00 e. The first-order valence-corrected chi connectivity index (χ1v) is 28.8. The molecule has 8 aliphatic carbocycles. The Morgan fingerprint density at radius 3 is 1.68 bits per heavy atom. The van der Waals surface area contributed by atoms with E-state index in [-0.39, 0.29) is 180 Å². The van der Waals surface area contributed by atoms with E-state index >= 15 is 8.78 Å². The molecule has 9 fully saturated rings. The Bertz CT molecular complexity index is 2640. The zero-order valence-corrected chi connectivity index (χ0v) is 54.2. The van der Waals surface area contributed by atoms with Crippen LogP contribution >= 0.6 is 15.9 Å². The molecule has 3 heterocycles. The van der Waals surface area contributed by atoms with E-state index in [9.17, 15) is 35.1 Å². The van der Waals surface area contributed by atoms with Gasteiger partial charge in [-0.1, -0.05) is 29.8 Å². The number of alkyl halides is 3. The topological polar surface area (TPSA) is 275 Å². The van der Waals surface area contributed by atoms with Crippen molar-refractivity contribution in [2.24, 2.45) is 70.0 Å². The number of ketones is 2. The molecule has 16 nitrogen and oxygen atoms in total. The Balaban J connectivity index is 0.000000219. The molecule has 0 radical (unpaired) electrons. The van der Waals surface area contributed by atoms with Gasteiger partial charge in [-0.2, -0.15) is 31.2 Å². The standard InChI is InChI=1S/C26H33FN4O2.C21H32BrFO2.C5H2N4.C5H8O4.2K.H/c1-24(33)9-10-26(27)16(12-24)3-4-19-20-5-6-22(25(20,2)8-7-21(19)26)23(32)15-31-18(14-29)11-17(13-28)30-31;1-19(25)9-10-21(23)13(11-19)3-4-14-15-5-6-17(18(24)12-22)20(15,2)8-7-16(14)21;6-2-4-1-5(3-7)9-8-4;6-5(9-7)4-2-1-3-8-4;;;/h11,16,19-22,33H,3-10,12,15H2,1-2H3;13-17,25H,3-12H2,1-2H3;1H,(H,8,9);4,7H,1-3H2;;;/q;;;;2*+1;-1/p-1/t16-,19+,20+,21+,22-,24-,25+,26-;13-,14+,15+,16+,17-,19-,20+,21-;;;;;/m11...../s1. The fraction of sp³-hybridized carbons (Fsp3) is 0.772. The summed E-state index contributed by atoms with van der Waals surface area (Å²) in [5.41, 5.74) is -2.84. The molecule has 414 valence electrons. The Morgan fingerprint density at radius 1 is 0.731 bits per heavy atom. The number of nitriles is 4. The summed E-state index contributed by atoms with van der Waals surface area (Å²) in [6.45, 7) is 8.83. The number of ether oxygens (including phenoxy) is 1. The largest absolute Gasteiger partial charge is 1.00 e. The molecule has 11 rings (SSSR count). The average molecular weight is 1200 g/mol. The number of aromatic nitrogens is 4. The average Bonchev–Trinajstić information content (AvgIpc) is 4.49. The molecule has 3 N–H and O–H groups in total. The molecule has 78 heavy (non-hydrogen) atoms. The van der Waals surface area contributed by atoms with Crippen LogP contribution in [0.2, 0.25) is 0 Å². The Morgan fingerprint density at radius 2 is 1.26 bits per heavy atom. The van der Waals surface area contributed by atoms with Crippen LogP contribution in [0.1, 0.15) is 180 Å². The molecule has 2 aromatic rings. The Kier molecular flexibility index (Phi) is 22.5.